The minimum atomic E-state index is -0.384. The van der Waals surface area contributed by atoms with E-state index in [1.165, 1.54) is 11.8 Å². The summed E-state index contributed by atoms with van der Waals surface area (Å²) in [5, 5.41) is 7.92. The molecule has 0 spiro atoms. The number of thioether (sulfide) groups is 1. The number of halogens is 1. The number of carbonyl (C=O) groups excluding carboxylic acids is 1. The van der Waals surface area contributed by atoms with Crippen molar-refractivity contribution in [2.45, 2.75) is 23.6 Å². The molecular formula is C25H22ClN3OS. The lowest BCUT2D eigenvalue weighted by atomic mass is 10.1. The van der Waals surface area contributed by atoms with Gasteiger partial charge >= 0.3 is 0 Å². The molecule has 6 heteroatoms. The summed E-state index contributed by atoms with van der Waals surface area (Å²) in [5.41, 5.74) is 3.01. The van der Waals surface area contributed by atoms with Crippen LogP contribution in [0.25, 0.3) is 0 Å². The number of aryl methyl sites for hydroxylation is 1. The third-order valence-electron chi connectivity index (χ3n) is 4.82. The second kappa shape index (κ2) is 9.86. The molecule has 0 fully saturated rings. The zero-order valence-electron chi connectivity index (χ0n) is 17.0. The summed E-state index contributed by atoms with van der Waals surface area (Å²) in [6.45, 7) is 2.59. The fourth-order valence-electron chi connectivity index (χ4n) is 3.22. The Morgan fingerprint density at radius 3 is 2.32 bits per heavy atom. The first-order valence-electron chi connectivity index (χ1n) is 9.95. The van der Waals surface area contributed by atoms with Gasteiger partial charge in [-0.3, -0.25) is 9.48 Å². The van der Waals surface area contributed by atoms with Gasteiger partial charge in [0, 0.05) is 21.7 Å². The molecular weight excluding hydrogens is 426 g/mol. The molecule has 1 amide bonds. The number of rotatable bonds is 7. The number of nitrogens with zero attached hydrogens (tertiary/aromatic N) is 2. The highest BCUT2D eigenvalue weighted by Gasteiger charge is 2.23. The maximum atomic E-state index is 13.2. The number of carbonyl (C=O) groups is 1. The zero-order valence-corrected chi connectivity index (χ0v) is 18.6. The van der Waals surface area contributed by atoms with Crippen molar-refractivity contribution in [1.29, 1.82) is 0 Å². The van der Waals surface area contributed by atoms with Gasteiger partial charge in [-0.15, -0.1) is 11.8 Å². The maximum absolute atomic E-state index is 13.2. The Bertz CT molecular complexity index is 1140. The second-order valence-corrected chi connectivity index (χ2v) is 8.78. The third-order valence-corrected chi connectivity index (χ3v) is 6.33. The Balaban J connectivity index is 1.52. The van der Waals surface area contributed by atoms with E-state index in [9.17, 15) is 4.79 Å². The Kier molecular flexibility index (Phi) is 6.75. The highest BCUT2D eigenvalue weighted by molar-refractivity contribution is 8.00. The second-order valence-electron chi connectivity index (χ2n) is 7.17. The van der Waals surface area contributed by atoms with Crippen molar-refractivity contribution in [2.24, 2.45) is 0 Å². The van der Waals surface area contributed by atoms with E-state index in [0.29, 0.717) is 17.4 Å². The van der Waals surface area contributed by atoms with Crippen LogP contribution >= 0.6 is 23.4 Å². The van der Waals surface area contributed by atoms with Gasteiger partial charge in [0.2, 0.25) is 5.91 Å². The van der Waals surface area contributed by atoms with E-state index in [0.717, 1.165) is 21.7 Å². The SMILES string of the molecule is Cc1cc(NC(=O)[C@@H](Sc2ccccc2)c2ccccc2)nn1Cc1ccc(Cl)cc1. The average Bonchev–Trinajstić information content (AvgIpc) is 3.13. The average molecular weight is 448 g/mol. The van der Waals surface area contributed by atoms with Gasteiger partial charge in [-0.25, -0.2) is 0 Å². The molecule has 0 aliphatic carbocycles. The van der Waals surface area contributed by atoms with Crippen LogP contribution in [0.2, 0.25) is 5.02 Å². The molecule has 1 aromatic heterocycles. The Morgan fingerprint density at radius 1 is 1.00 bits per heavy atom. The predicted octanol–water partition coefficient (Wildman–Crippen LogP) is 6.37. The van der Waals surface area contributed by atoms with E-state index in [1.807, 2.05) is 103 Å². The van der Waals surface area contributed by atoms with Gasteiger partial charge in [-0.1, -0.05) is 72.3 Å². The van der Waals surface area contributed by atoms with Crippen molar-refractivity contribution < 1.29 is 4.79 Å². The van der Waals surface area contributed by atoms with Crippen LogP contribution in [0.5, 0.6) is 0 Å². The maximum Gasteiger partial charge on any atom is 0.243 e. The highest BCUT2D eigenvalue weighted by atomic mass is 35.5. The lowest BCUT2D eigenvalue weighted by Gasteiger charge is -2.16. The summed E-state index contributed by atoms with van der Waals surface area (Å²) in [7, 11) is 0. The van der Waals surface area contributed by atoms with E-state index in [2.05, 4.69) is 10.4 Å². The van der Waals surface area contributed by atoms with Gasteiger partial charge in [0.15, 0.2) is 5.82 Å². The van der Waals surface area contributed by atoms with Gasteiger partial charge in [0.25, 0.3) is 0 Å². The van der Waals surface area contributed by atoms with Gasteiger partial charge in [-0.2, -0.15) is 5.10 Å². The molecule has 0 saturated heterocycles. The predicted molar refractivity (Wildman–Crippen MR) is 128 cm³/mol. The van der Waals surface area contributed by atoms with Crippen LogP contribution in [0.1, 0.15) is 22.1 Å². The molecule has 4 nitrogen and oxygen atoms in total. The number of nitrogens with one attached hydrogen (secondary N) is 1. The summed E-state index contributed by atoms with van der Waals surface area (Å²) in [6.07, 6.45) is 0. The first-order valence-corrected chi connectivity index (χ1v) is 11.2. The molecule has 0 aliphatic heterocycles. The van der Waals surface area contributed by atoms with Gasteiger partial charge in [0.05, 0.1) is 6.54 Å². The van der Waals surface area contributed by atoms with E-state index >= 15 is 0 Å². The van der Waals surface area contributed by atoms with E-state index < -0.39 is 0 Å². The molecule has 1 N–H and O–H groups in total. The van der Waals surface area contributed by atoms with Gasteiger partial charge in [-0.05, 0) is 42.3 Å². The lowest BCUT2D eigenvalue weighted by Crippen LogP contribution is -2.19. The minimum Gasteiger partial charge on any atom is -0.308 e. The van der Waals surface area contributed by atoms with E-state index in [1.54, 1.807) is 0 Å². The number of anilines is 1. The Hall–Kier alpha value is -3.02. The molecule has 4 rings (SSSR count). The largest absolute Gasteiger partial charge is 0.308 e. The molecule has 0 bridgehead atoms. The molecule has 0 aliphatic rings. The van der Waals surface area contributed by atoms with Crippen LogP contribution in [0.3, 0.4) is 0 Å². The Morgan fingerprint density at radius 2 is 1.65 bits per heavy atom. The summed E-state index contributed by atoms with van der Waals surface area (Å²) in [4.78, 5) is 14.3. The molecule has 31 heavy (non-hydrogen) atoms. The van der Waals surface area contributed by atoms with Crippen LogP contribution in [-0.4, -0.2) is 15.7 Å². The third kappa shape index (κ3) is 5.57. The van der Waals surface area contributed by atoms with Gasteiger partial charge < -0.3 is 5.32 Å². The molecule has 4 aromatic rings. The molecule has 0 unspecified atom stereocenters. The van der Waals surface area contributed by atoms with Gasteiger partial charge in [0.1, 0.15) is 5.25 Å². The highest BCUT2D eigenvalue weighted by Crippen LogP contribution is 2.36. The number of amides is 1. The fraction of sp³-hybridized carbons (Fsp3) is 0.120. The molecule has 0 saturated carbocycles. The lowest BCUT2D eigenvalue weighted by molar-refractivity contribution is -0.115. The number of hydrogen-bond donors (Lipinski definition) is 1. The van der Waals surface area contributed by atoms with Crippen LogP contribution in [0.15, 0.2) is 95.9 Å². The molecule has 1 heterocycles. The van der Waals surface area contributed by atoms with Crippen LogP contribution in [-0.2, 0) is 11.3 Å². The summed E-state index contributed by atoms with van der Waals surface area (Å²) >= 11 is 7.50. The van der Waals surface area contributed by atoms with E-state index in [4.69, 9.17) is 11.6 Å². The minimum absolute atomic E-state index is 0.101. The smallest absolute Gasteiger partial charge is 0.243 e. The Labute approximate surface area is 191 Å². The van der Waals surface area contributed by atoms with E-state index in [-0.39, 0.29) is 11.2 Å². The monoisotopic (exact) mass is 447 g/mol. The zero-order chi connectivity index (χ0) is 21.6. The van der Waals surface area contributed by atoms with Crippen molar-refractivity contribution in [2.75, 3.05) is 5.32 Å². The van der Waals surface area contributed by atoms with Crippen LogP contribution < -0.4 is 5.32 Å². The summed E-state index contributed by atoms with van der Waals surface area (Å²) in [5.74, 6) is 0.447. The molecule has 3 aromatic carbocycles. The number of aromatic nitrogens is 2. The summed E-state index contributed by atoms with van der Waals surface area (Å²) in [6, 6.07) is 29.3. The van der Waals surface area contributed by atoms with Crippen molar-refractivity contribution in [1.82, 2.24) is 9.78 Å². The standard InChI is InChI=1S/C25H22ClN3OS/c1-18-16-23(28-29(18)17-19-12-14-21(26)15-13-19)27-25(30)24(20-8-4-2-5-9-20)31-22-10-6-3-7-11-22/h2-16,24H,17H2,1H3,(H,27,28,30)/t24-/m0/s1. The molecule has 156 valence electrons. The quantitative estimate of drug-likeness (QED) is 0.335. The van der Waals surface area contributed by atoms with Crippen molar-refractivity contribution >= 4 is 35.1 Å². The fourth-order valence-corrected chi connectivity index (χ4v) is 4.39. The first kappa shape index (κ1) is 21.2. The molecule has 1 atom stereocenters. The van der Waals surface area contributed by atoms with Crippen LogP contribution in [0.4, 0.5) is 5.82 Å². The number of benzene rings is 3. The van der Waals surface area contributed by atoms with Crippen molar-refractivity contribution in [3.63, 3.8) is 0 Å². The molecule has 0 radical (unpaired) electrons. The summed E-state index contributed by atoms with van der Waals surface area (Å²) < 4.78 is 1.88. The first-order chi connectivity index (χ1) is 15.1. The van der Waals surface area contributed by atoms with Crippen LogP contribution in [0, 0.1) is 6.92 Å². The van der Waals surface area contributed by atoms with Crippen molar-refractivity contribution in [3.8, 4) is 0 Å². The topological polar surface area (TPSA) is 46.9 Å². The normalized spacial score (nSPS) is 11.8. The van der Waals surface area contributed by atoms with Crippen molar-refractivity contribution in [3.05, 3.63) is 113 Å². The number of hydrogen-bond acceptors (Lipinski definition) is 3.